The number of amides is 1. The molecule has 1 aromatic heterocycles. The van der Waals surface area contributed by atoms with Gasteiger partial charge in [-0.2, -0.15) is 0 Å². The average molecular weight is 277 g/mol. The number of hydrogen-bond donors (Lipinski definition) is 1. The standard InChI is InChI=1S/C13H15N3O2S/c1-9-14-11-4-3-10(7-12(11)19-9)8-15-5-2-6-16(15)13(17)18/h3-4,7H,2,5-6,8H2,1H3,(H,17,18). The molecule has 1 aliphatic rings. The van der Waals surface area contributed by atoms with Gasteiger partial charge in [-0.1, -0.05) is 6.07 Å². The Morgan fingerprint density at radius 3 is 3.11 bits per heavy atom. The Morgan fingerprint density at radius 2 is 2.32 bits per heavy atom. The lowest BCUT2D eigenvalue weighted by Crippen LogP contribution is -2.39. The van der Waals surface area contributed by atoms with Crippen LogP contribution >= 0.6 is 11.3 Å². The highest BCUT2D eigenvalue weighted by molar-refractivity contribution is 7.18. The van der Waals surface area contributed by atoms with Crippen LogP contribution in [0.3, 0.4) is 0 Å². The number of aryl methyl sites for hydroxylation is 1. The molecule has 0 saturated carbocycles. The number of nitrogens with zero attached hydrogens (tertiary/aromatic N) is 3. The molecular formula is C13H15N3O2S. The zero-order valence-electron chi connectivity index (χ0n) is 10.7. The summed E-state index contributed by atoms with van der Waals surface area (Å²) in [5.41, 5.74) is 2.15. The first-order valence-corrected chi connectivity index (χ1v) is 7.06. The number of thiazole rings is 1. The maximum absolute atomic E-state index is 11.1. The lowest BCUT2D eigenvalue weighted by molar-refractivity contribution is 0.0268. The molecule has 0 unspecified atom stereocenters. The number of benzene rings is 1. The first-order chi connectivity index (χ1) is 9.13. The zero-order chi connectivity index (χ0) is 13.4. The average Bonchev–Trinajstić information content (AvgIpc) is 2.94. The molecule has 1 aromatic carbocycles. The second-order valence-electron chi connectivity index (χ2n) is 4.68. The van der Waals surface area contributed by atoms with Gasteiger partial charge in [-0.05, 0) is 31.0 Å². The predicted molar refractivity (Wildman–Crippen MR) is 74.1 cm³/mol. The van der Waals surface area contributed by atoms with E-state index in [1.807, 2.05) is 24.1 Å². The van der Waals surface area contributed by atoms with Gasteiger partial charge < -0.3 is 5.11 Å². The van der Waals surface area contributed by atoms with E-state index in [1.165, 1.54) is 5.01 Å². The van der Waals surface area contributed by atoms with E-state index in [0.717, 1.165) is 33.8 Å². The third-order valence-electron chi connectivity index (χ3n) is 3.27. The fourth-order valence-corrected chi connectivity index (χ4v) is 3.33. The molecule has 1 amide bonds. The molecule has 1 aliphatic heterocycles. The van der Waals surface area contributed by atoms with Crippen LogP contribution in [-0.4, -0.2) is 39.3 Å². The quantitative estimate of drug-likeness (QED) is 0.917. The SMILES string of the molecule is Cc1nc2ccc(CN3CCCN3C(=O)O)cc2s1. The Balaban J connectivity index is 1.82. The minimum Gasteiger partial charge on any atom is -0.464 e. The van der Waals surface area contributed by atoms with Crippen molar-refractivity contribution in [1.82, 2.24) is 15.0 Å². The van der Waals surface area contributed by atoms with Crippen LogP contribution in [0, 0.1) is 6.92 Å². The molecule has 0 aliphatic carbocycles. The lowest BCUT2D eigenvalue weighted by atomic mass is 10.2. The molecule has 100 valence electrons. The fourth-order valence-electron chi connectivity index (χ4n) is 2.44. The molecule has 2 heterocycles. The summed E-state index contributed by atoms with van der Waals surface area (Å²) in [6.45, 7) is 4.03. The lowest BCUT2D eigenvalue weighted by Gasteiger charge is -2.25. The summed E-state index contributed by atoms with van der Waals surface area (Å²) < 4.78 is 1.16. The van der Waals surface area contributed by atoms with Crippen molar-refractivity contribution >= 4 is 27.6 Å². The van der Waals surface area contributed by atoms with Crippen LogP contribution in [0.15, 0.2) is 18.2 Å². The van der Waals surface area contributed by atoms with Gasteiger partial charge in [0.25, 0.3) is 0 Å². The smallest absolute Gasteiger partial charge is 0.421 e. The summed E-state index contributed by atoms with van der Waals surface area (Å²) in [6.07, 6.45) is 0.0287. The number of fused-ring (bicyclic) bond motifs is 1. The minimum absolute atomic E-state index is 0.594. The van der Waals surface area contributed by atoms with Gasteiger partial charge in [-0.25, -0.2) is 19.8 Å². The van der Waals surface area contributed by atoms with Gasteiger partial charge in [0.05, 0.1) is 15.2 Å². The first kappa shape index (κ1) is 12.4. The van der Waals surface area contributed by atoms with Gasteiger partial charge >= 0.3 is 6.09 Å². The molecule has 19 heavy (non-hydrogen) atoms. The Morgan fingerprint density at radius 1 is 1.47 bits per heavy atom. The van der Waals surface area contributed by atoms with Gasteiger partial charge in [-0.3, -0.25) is 0 Å². The maximum Gasteiger partial charge on any atom is 0.421 e. The molecule has 1 fully saturated rings. The van der Waals surface area contributed by atoms with Crippen molar-refractivity contribution in [1.29, 1.82) is 0 Å². The van der Waals surface area contributed by atoms with Crippen molar-refractivity contribution in [2.75, 3.05) is 13.1 Å². The van der Waals surface area contributed by atoms with E-state index in [9.17, 15) is 4.79 Å². The van der Waals surface area contributed by atoms with Gasteiger partial charge in [0.1, 0.15) is 0 Å². The number of carboxylic acid groups (broad SMARTS) is 1. The van der Waals surface area contributed by atoms with Gasteiger partial charge in [-0.15, -0.1) is 11.3 Å². The van der Waals surface area contributed by atoms with Crippen LogP contribution in [0.5, 0.6) is 0 Å². The second kappa shape index (κ2) is 4.79. The van der Waals surface area contributed by atoms with Crippen LogP contribution in [0.4, 0.5) is 4.79 Å². The normalized spacial score (nSPS) is 16.4. The molecule has 6 heteroatoms. The molecule has 5 nitrogen and oxygen atoms in total. The largest absolute Gasteiger partial charge is 0.464 e. The predicted octanol–water partition coefficient (Wildman–Crippen LogP) is 2.71. The highest BCUT2D eigenvalue weighted by Crippen LogP contribution is 2.24. The van der Waals surface area contributed by atoms with E-state index in [2.05, 4.69) is 11.1 Å². The second-order valence-corrected chi connectivity index (χ2v) is 5.92. The van der Waals surface area contributed by atoms with Gasteiger partial charge in [0.2, 0.25) is 0 Å². The molecule has 1 saturated heterocycles. The van der Waals surface area contributed by atoms with Crippen molar-refractivity contribution in [2.45, 2.75) is 19.9 Å². The molecule has 1 N–H and O–H groups in total. The van der Waals surface area contributed by atoms with Gasteiger partial charge in [0, 0.05) is 19.6 Å². The van der Waals surface area contributed by atoms with Crippen LogP contribution in [0.1, 0.15) is 17.0 Å². The van der Waals surface area contributed by atoms with Crippen LogP contribution < -0.4 is 0 Å². The van der Waals surface area contributed by atoms with E-state index in [-0.39, 0.29) is 0 Å². The Bertz CT molecular complexity index is 625. The van der Waals surface area contributed by atoms with Crippen molar-refractivity contribution in [3.8, 4) is 0 Å². The van der Waals surface area contributed by atoms with Crippen LogP contribution in [0.25, 0.3) is 10.2 Å². The summed E-state index contributed by atoms with van der Waals surface area (Å²) in [4.78, 5) is 15.5. The number of rotatable bonds is 2. The van der Waals surface area contributed by atoms with Crippen LogP contribution in [-0.2, 0) is 6.54 Å². The summed E-state index contributed by atoms with van der Waals surface area (Å²) in [5.74, 6) is 0. The third kappa shape index (κ3) is 2.41. The molecule has 0 radical (unpaired) electrons. The maximum atomic E-state index is 11.1. The number of aromatic nitrogens is 1. The van der Waals surface area contributed by atoms with E-state index in [1.54, 1.807) is 11.3 Å². The topological polar surface area (TPSA) is 56.7 Å². The number of hydrogen-bond acceptors (Lipinski definition) is 4. The number of hydrazine groups is 1. The number of carbonyl (C=O) groups is 1. The van der Waals surface area contributed by atoms with Gasteiger partial charge in [0.15, 0.2) is 0 Å². The highest BCUT2D eigenvalue weighted by atomic mass is 32.1. The summed E-state index contributed by atoms with van der Waals surface area (Å²) in [7, 11) is 0. The molecule has 3 rings (SSSR count). The first-order valence-electron chi connectivity index (χ1n) is 6.25. The minimum atomic E-state index is -0.868. The molecule has 0 spiro atoms. The van der Waals surface area contributed by atoms with E-state index >= 15 is 0 Å². The van der Waals surface area contributed by atoms with E-state index in [4.69, 9.17) is 5.11 Å². The van der Waals surface area contributed by atoms with Crippen molar-refractivity contribution in [3.05, 3.63) is 28.8 Å². The molecule has 0 atom stereocenters. The summed E-state index contributed by atoms with van der Waals surface area (Å²) in [5, 5.41) is 13.5. The summed E-state index contributed by atoms with van der Waals surface area (Å²) >= 11 is 1.67. The van der Waals surface area contributed by atoms with Crippen molar-refractivity contribution in [2.24, 2.45) is 0 Å². The Hall–Kier alpha value is -1.66. The fraction of sp³-hybridized carbons (Fsp3) is 0.385. The third-order valence-corrected chi connectivity index (χ3v) is 4.21. The summed E-state index contributed by atoms with van der Waals surface area (Å²) in [6, 6.07) is 6.15. The van der Waals surface area contributed by atoms with Crippen LogP contribution in [0.2, 0.25) is 0 Å². The molecular weight excluding hydrogens is 262 g/mol. The zero-order valence-corrected chi connectivity index (χ0v) is 11.5. The van der Waals surface area contributed by atoms with Crippen molar-refractivity contribution in [3.63, 3.8) is 0 Å². The Kier molecular flexibility index (Phi) is 3.12. The monoisotopic (exact) mass is 277 g/mol. The Labute approximate surface area is 115 Å². The molecule has 0 bridgehead atoms. The van der Waals surface area contributed by atoms with E-state index in [0.29, 0.717) is 13.1 Å². The van der Waals surface area contributed by atoms with Crippen molar-refractivity contribution < 1.29 is 9.90 Å². The van der Waals surface area contributed by atoms with E-state index < -0.39 is 6.09 Å². The highest BCUT2D eigenvalue weighted by Gasteiger charge is 2.26. The molecule has 2 aromatic rings.